The van der Waals surface area contributed by atoms with E-state index in [0.29, 0.717) is 5.11 Å². The number of rotatable bonds is 6. The molecule has 0 unspecified atom stereocenters. The highest BCUT2D eigenvalue weighted by Gasteiger charge is 2.01. The Morgan fingerprint density at radius 1 is 1.00 bits per heavy atom. The molecule has 0 aliphatic heterocycles. The van der Waals surface area contributed by atoms with E-state index in [1.165, 1.54) is 21.6 Å². The SMILES string of the molecule is CCc1cccc(NC(=S)NCc2ccc(C[NH+](C)C)cc2)c1. The van der Waals surface area contributed by atoms with Gasteiger partial charge in [-0.2, -0.15) is 0 Å². The predicted octanol–water partition coefficient (Wildman–Crippen LogP) is 2.38. The Balaban J connectivity index is 1.84. The van der Waals surface area contributed by atoms with Gasteiger partial charge in [0, 0.05) is 17.8 Å². The van der Waals surface area contributed by atoms with Crippen molar-refractivity contribution >= 4 is 23.0 Å². The van der Waals surface area contributed by atoms with E-state index in [1.54, 1.807) is 0 Å². The lowest BCUT2D eigenvalue weighted by molar-refractivity contribution is -0.872. The van der Waals surface area contributed by atoms with E-state index in [9.17, 15) is 0 Å². The first-order valence-electron chi connectivity index (χ1n) is 8.07. The van der Waals surface area contributed by atoms with E-state index in [4.69, 9.17) is 12.2 Å². The lowest BCUT2D eigenvalue weighted by Gasteiger charge is -2.12. The van der Waals surface area contributed by atoms with Crippen molar-refractivity contribution in [2.75, 3.05) is 19.4 Å². The lowest BCUT2D eigenvalue weighted by atomic mass is 10.1. The van der Waals surface area contributed by atoms with Crippen molar-refractivity contribution in [3.05, 3.63) is 65.2 Å². The number of anilines is 1. The van der Waals surface area contributed by atoms with Crippen LogP contribution in [0.15, 0.2) is 48.5 Å². The Bertz CT molecular complexity index is 635. The molecule has 0 fully saturated rings. The zero-order valence-corrected chi connectivity index (χ0v) is 15.0. The Morgan fingerprint density at radius 3 is 2.35 bits per heavy atom. The summed E-state index contributed by atoms with van der Waals surface area (Å²) < 4.78 is 0. The van der Waals surface area contributed by atoms with Crippen molar-refractivity contribution in [2.24, 2.45) is 0 Å². The minimum absolute atomic E-state index is 0.653. The number of benzene rings is 2. The summed E-state index contributed by atoms with van der Waals surface area (Å²) in [5, 5.41) is 7.15. The molecule has 0 aliphatic carbocycles. The van der Waals surface area contributed by atoms with Crippen molar-refractivity contribution < 1.29 is 4.90 Å². The van der Waals surface area contributed by atoms with E-state index < -0.39 is 0 Å². The van der Waals surface area contributed by atoms with Gasteiger partial charge in [0.25, 0.3) is 0 Å². The second kappa shape index (κ2) is 8.65. The standard InChI is InChI=1S/C19H25N3S/c1-4-15-6-5-7-18(12-15)21-19(23)20-13-16-8-10-17(11-9-16)14-22(2)3/h5-12H,4,13-14H2,1-3H3,(H2,20,21,23)/p+1. The monoisotopic (exact) mass is 328 g/mol. The molecule has 3 N–H and O–H groups in total. The first kappa shape index (κ1) is 17.4. The molecule has 0 aliphatic rings. The summed E-state index contributed by atoms with van der Waals surface area (Å²) in [5.74, 6) is 0. The Morgan fingerprint density at radius 2 is 1.70 bits per heavy atom. The van der Waals surface area contributed by atoms with Crippen molar-refractivity contribution in [3.8, 4) is 0 Å². The molecule has 0 bridgehead atoms. The zero-order valence-electron chi connectivity index (χ0n) is 14.1. The molecule has 0 heterocycles. The molecule has 3 nitrogen and oxygen atoms in total. The van der Waals surface area contributed by atoms with Crippen molar-refractivity contribution in [1.29, 1.82) is 0 Å². The topological polar surface area (TPSA) is 28.5 Å². The maximum atomic E-state index is 5.37. The molecular formula is C19H26N3S+. The van der Waals surface area contributed by atoms with Crippen LogP contribution in [0.5, 0.6) is 0 Å². The zero-order chi connectivity index (χ0) is 16.7. The van der Waals surface area contributed by atoms with Crippen LogP contribution in [0.1, 0.15) is 23.6 Å². The van der Waals surface area contributed by atoms with Crippen molar-refractivity contribution in [2.45, 2.75) is 26.4 Å². The van der Waals surface area contributed by atoms with E-state index >= 15 is 0 Å². The first-order valence-corrected chi connectivity index (χ1v) is 8.48. The molecule has 2 rings (SSSR count). The number of hydrogen-bond donors (Lipinski definition) is 3. The third-order valence-electron chi connectivity index (χ3n) is 3.63. The van der Waals surface area contributed by atoms with Gasteiger partial charge in [-0.1, -0.05) is 43.3 Å². The van der Waals surface area contributed by atoms with E-state index in [1.807, 2.05) is 6.07 Å². The number of hydrogen-bond acceptors (Lipinski definition) is 1. The minimum Gasteiger partial charge on any atom is -0.358 e. The van der Waals surface area contributed by atoms with Crippen LogP contribution >= 0.6 is 12.2 Å². The molecule has 4 heteroatoms. The van der Waals surface area contributed by atoms with Gasteiger partial charge in [0.1, 0.15) is 6.54 Å². The van der Waals surface area contributed by atoms with Gasteiger partial charge in [-0.05, 0) is 41.9 Å². The molecular weight excluding hydrogens is 302 g/mol. The molecule has 0 saturated carbocycles. The highest BCUT2D eigenvalue weighted by molar-refractivity contribution is 7.80. The smallest absolute Gasteiger partial charge is 0.171 e. The lowest BCUT2D eigenvalue weighted by Crippen LogP contribution is -3.04. The second-order valence-corrected chi connectivity index (χ2v) is 6.47. The Labute approximate surface area is 144 Å². The maximum absolute atomic E-state index is 5.37. The van der Waals surface area contributed by atoms with Crippen LogP contribution in [0.3, 0.4) is 0 Å². The molecule has 23 heavy (non-hydrogen) atoms. The average molecular weight is 329 g/mol. The fourth-order valence-electron chi connectivity index (χ4n) is 2.41. The molecule has 0 saturated heterocycles. The molecule has 0 radical (unpaired) electrons. The maximum Gasteiger partial charge on any atom is 0.171 e. The normalized spacial score (nSPS) is 10.6. The highest BCUT2D eigenvalue weighted by atomic mass is 32.1. The van der Waals surface area contributed by atoms with Crippen LogP contribution in [-0.4, -0.2) is 19.2 Å². The van der Waals surface area contributed by atoms with Gasteiger partial charge in [-0.3, -0.25) is 0 Å². The summed E-state index contributed by atoms with van der Waals surface area (Å²) >= 11 is 5.37. The Kier molecular flexibility index (Phi) is 6.56. The molecule has 0 spiro atoms. The summed E-state index contributed by atoms with van der Waals surface area (Å²) in [4.78, 5) is 1.43. The van der Waals surface area contributed by atoms with E-state index in [-0.39, 0.29) is 0 Å². The van der Waals surface area contributed by atoms with Gasteiger partial charge in [-0.25, -0.2) is 0 Å². The summed E-state index contributed by atoms with van der Waals surface area (Å²) in [6, 6.07) is 17.0. The highest BCUT2D eigenvalue weighted by Crippen LogP contribution is 2.11. The largest absolute Gasteiger partial charge is 0.358 e. The number of quaternary nitrogens is 1. The number of nitrogens with one attached hydrogen (secondary N) is 3. The van der Waals surface area contributed by atoms with Crippen LogP contribution in [0, 0.1) is 0 Å². The van der Waals surface area contributed by atoms with Gasteiger partial charge < -0.3 is 15.5 Å². The quantitative estimate of drug-likeness (QED) is 0.711. The van der Waals surface area contributed by atoms with Gasteiger partial charge in [0.2, 0.25) is 0 Å². The summed E-state index contributed by atoms with van der Waals surface area (Å²) in [6.45, 7) is 3.92. The van der Waals surface area contributed by atoms with Crippen LogP contribution < -0.4 is 15.5 Å². The molecule has 0 aromatic heterocycles. The van der Waals surface area contributed by atoms with Crippen molar-refractivity contribution in [3.63, 3.8) is 0 Å². The molecule has 2 aromatic carbocycles. The Hall–Kier alpha value is -1.91. The van der Waals surface area contributed by atoms with Crippen LogP contribution in [0.2, 0.25) is 0 Å². The average Bonchev–Trinajstić information content (AvgIpc) is 2.54. The molecule has 2 aromatic rings. The third kappa shape index (κ3) is 6.00. The van der Waals surface area contributed by atoms with Gasteiger partial charge in [-0.15, -0.1) is 0 Å². The van der Waals surface area contributed by atoms with Crippen LogP contribution in [0.25, 0.3) is 0 Å². The predicted molar refractivity (Wildman–Crippen MR) is 102 cm³/mol. The van der Waals surface area contributed by atoms with E-state index in [0.717, 1.165) is 25.2 Å². The number of thiocarbonyl (C=S) groups is 1. The molecule has 0 amide bonds. The molecule has 0 atom stereocenters. The first-order chi connectivity index (χ1) is 11.1. The van der Waals surface area contributed by atoms with Crippen LogP contribution in [0.4, 0.5) is 5.69 Å². The fourth-order valence-corrected chi connectivity index (χ4v) is 2.60. The summed E-state index contributed by atoms with van der Waals surface area (Å²) in [5.41, 5.74) is 4.92. The fraction of sp³-hybridized carbons (Fsp3) is 0.316. The second-order valence-electron chi connectivity index (χ2n) is 6.06. The van der Waals surface area contributed by atoms with Gasteiger partial charge in [0.05, 0.1) is 14.1 Å². The molecule has 122 valence electrons. The van der Waals surface area contributed by atoms with Crippen LogP contribution in [-0.2, 0) is 19.5 Å². The van der Waals surface area contributed by atoms with Crippen molar-refractivity contribution in [1.82, 2.24) is 5.32 Å². The number of aryl methyl sites for hydroxylation is 1. The summed E-state index contributed by atoms with van der Waals surface area (Å²) in [7, 11) is 4.32. The van der Waals surface area contributed by atoms with Gasteiger partial charge >= 0.3 is 0 Å². The third-order valence-corrected chi connectivity index (χ3v) is 3.87. The summed E-state index contributed by atoms with van der Waals surface area (Å²) in [6.07, 6.45) is 1.02. The van der Waals surface area contributed by atoms with Gasteiger partial charge in [0.15, 0.2) is 5.11 Å². The van der Waals surface area contributed by atoms with E-state index in [2.05, 4.69) is 74.1 Å². The minimum atomic E-state index is 0.653.